The zero-order chi connectivity index (χ0) is 20.8. The Labute approximate surface area is 169 Å². The van der Waals surface area contributed by atoms with E-state index in [9.17, 15) is 9.59 Å². The maximum Gasteiger partial charge on any atom is 0.251 e. The van der Waals surface area contributed by atoms with Gasteiger partial charge in [-0.15, -0.1) is 0 Å². The smallest absolute Gasteiger partial charge is 0.251 e. The summed E-state index contributed by atoms with van der Waals surface area (Å²) in [5.41, 5.74) is 1.33. The molecule has 0 fully saturated rings. The lowest BCUT2D eigenvalue weighted by molar-refractivity contribution is -0.123. The van der Waals surface area contributed by atoms with Crippen LogP contribution in [0.25, 0.3) is 0 Å². The first kappa shape index (κ1) is 20.1. The molecule has 0 aliphatic heterocycles. The van der Waals surface area contributed by atoms with E-state index in [1.54, 1.807) is 44.5 Å². The van der Waals surface area contributed by atoms with E-state index in [4.69, 9.17) is 4.74 Å². The molecule has 29 heavy (non-hydrogen) atoms. The monoisotopic (exact) mass is 392 g/mol. The zero-order valence-corrected chi connectivity index (χ0v) is 16.6. The number of methoxy groups -OCH3 is 1. The second-order valence-electron chi connectivity index (χ2n) is 6.68. The Morgan fingerprint density at radius 1 is 1.07 bits per heavy atom. The van der Waals surface area contributed by atoms with Gasteiger partial charge >= 0.3 is 0 Å². The first-order chi connectivity index (χ1) is 14.0. The lowest BCUT2D eigenvalue weighted by atomic mass is 10.0. The van der Waals surface area contributed by atoms with Gasteiger partial charge in [0.2, 0.25) is 5.91 Å². The largest absolute Gasteiger partial charge is 0.497 e. The van der Waals surface area contributed by atoms with Crippen molar-refractivity contribution in [2.75, 3.05) is 7.11 Å². The maximum absolute atomic E-state index is 12.9. The molecule has 2 atom stereocenters. The first-order valence-electron chi connectivity index (χ1n) is 9.27. The van der Waals surface area contributed by atoms with E-state index in [1.807, 2.05) is 48.1 Å². The molecule has 0 aliphatic rings. The molecule has 1 aromatic heterocycles. The molecule has 0 aliphatic carbocycles. The van der Waals surface area contributed by atoms with Crippen LogP contribution >= 0.6 is 0 Å². The number of rotatable bonds is 7. The van der Waals surface area contributed by atoms with Gasteiger partial charge < -0.3 is 19.9 Å². The van der Waals surface area contributed by atoms with E-state index >= 15 is 0 Å². The molecule has 0 bridgehead atoms. The summed E-state index contributed by atoms with van der Waals surface area (Å²) in [4.78, 5) is 29.6. The number of ether oxygens (including phenoxy) is 1. The van der Waals surface area contributed by atoms with Gasteiger partial charge in [-0.05, 0) is 36.8 Å². The molecule has 1 heterocycles. The highest BCUT2D eigenvalue weighted by atomic mass is 16.5. The van der Waals surface area contributed by atoms with Crippen LogP contribution in [0.3, 0.4) is 0 Å². The molecule has 2 aromatic carbocycles. The molecule has 0 saturated heterocycles. The molecule has 2 N–H and O–H groups in total. The van der Waals surface area contributed by atoms with Gasteiger partial charge in [0.1, 0.15) is 23.7 Å². The Balaban J connectivity index is 1.79. The van der Waals surface area contributed by atoms with E-state index in [-0.39, 0.29) is 11.8 Å². The minimum absolute atomic E-state index is 0.303. The molecular weight excluding hydrogens is 368 g/mol. The van der Waals surface area contributed by atoms with Crippen LogP contribution in [0.2, 0.25) is 0 Å². The van der Waals surface area contributed by atoms with Crippen LogP contribution in [-0.4, -0.2) is 34.5 Å². The van der Waals surface area contributed by atoms with Crippen molar-refractivity contribution in [2.24, 2.45) is 7.05 Å². The Kier molecular flexibility index (Phi) is 6.29. The fraction of sp³-hybridized carbons (Fsp3) is 0.227. The van der Waals surface area contributed by atoms with Crippen LogP contribution in [0.15, 0.2) is 67.0 Å². The standard InChI is InChI=1S/C22H24N4O3/c1-15(24-22(28)16-8-5-4-6-9-16)21(27)25-19(20-23-12-13-26(20)2)17-10-7-11-18(14-17)29-3/h4-15,19H,1-3H3,(H,24,28)(H,25,27). The highest BCUT2D eigenvalue weighted by Crippen LogP contribution is 2.24. The number of amides is 2. The van der Waals surface area contributed by atoms with Gasteiger partial charge in [-0.2, -0.15) is 0 Å². The quantitative estimate of drug-likeness (QED) is 0.647. The molecule has 150 valence electrons. The third-order valence-electron chi connectivity index (χ3n) is 4.61. The Hall–Kier alpha value is -3.61. The number of hydrogen-bond acceptors (Lipinski definition) is 4. The van der Waals surface area contributed by atoms with Gasteiger partial charge in [-0.25, -0.2) is 4.98 Å². The molecule has 7 heteroatoms. The van der Waals surface area contributed by atoms with Crippen molar-refractivity contribution < 1.29 is 14.3 Å². The van der Waals surface area contributed by atoms with E-state index in [0.717, 1.165) is 5.56 Å². The second-order valence-corrected chi connectivity index (χ2v) is 6.68. The lowest BCUT2D eigenvalue weighted by Gasteiger charge is -2.22. The van der Waals surface area contributed by atoms with Crippen molar-refractivity contribution in [3.8, 4) is 5.75 Å². The molecule has 3 aromatic rings. The van der Waals surface area contributed by atoms with Crippen molar-refractivity contribution in [1.82, 2.24) is 20.2 Å². The minimum atomic E-state index is -0.726. The van der Waals surface area contributed by atoms with Crippen LogP contribution in [0.4, 0.5) is 0 Å². The normalized spacial score (nSPS) is 12.7. The number of nitrogens with zero attached hydrogens (tertiary/aromatic N) is 2. The van der Waals surface area contributed by atoms with Gasteiger partial charge in [0.05, 0.1) is 7.11 Å². The zero-order valence-electron chi connectivity index (χ0n) is 16.6. The minimum Gasteiger partial charge on any atom is -0.497 e. The van der Waals surface area contributed by atoms with Crippen molar-refractivity contribution in [3.63, 3.8) is 0 Å². The summed E-state index contributed by atoms with van der Waals surface area (Å²) in [7, 11) is 3.46. The van der Waals surface area contributed by atoms with Crippen LogP contribution in [0, 0.1) is 0 Å². The van der Waals surface area contributed by atoms with Crippen LogP contribution < -0.4 is 15.4 Å². The fourth-order valence-electron chi connectivity index (χ4n) is 2.98. The number of carbonyl (C=O) groups excluding carboxylic acids is 2. The summed E-state index contributed by atoms with van der Waals surface area (Å²) in [6, 6.07) is 15.0. The van der Waals surface area contributed by atoms with Gasteiger partial charge in [0, 0.05) is 25.0 Å². The molecular formula is C22H24N4O3. The Morgan fingerprint density at radius 2 is 1.83 bits per heavy atom. The SMILES string of the molecule is COc1cccc(C(NC(=O)C(C)NC(=O)c2ccccc2)c2nccn2C)c1. The lowest BCUT2D eigenvalue weighted by Crippen LogP contribution is -2.46. The fourth-order valence-corrected chi connectivity index (χ4v) is 2.98. The topological polar surface area (TPSA) is 85.2 Å². The molecule has 0 spiro atoms. The summed E-state index contributed by atoms with van der Waals surface area (Å²) < 4.78 is 7.15. The summed E-state index contributed by atoms with van der Waals surface area (Å²) in [6.07, 6.45) is 3.49. The highest BCUT2D eigenvalue weighted by Gasteiger charge is 2.25. The van der Waals surface area contributed by atoms with Crippen molar-refractivity contribution >= 4 is 11.8 Å². The van der Waals surface area contributed by atoms with Crippen LogP contribution in [-0.2, 0) is 11.8 Å². The third-order valence-corrected chi connectivity index (χ3v) is 4.61. The maximum atomic E-state index is 12.9. The summed E-state index contributed by atoms with van der Waals surface area (Å²) >= 11 is 0. The number of hydrogen-bond donors (Lipinski definition) is 2. The predicted octanol–water partition coefficient (Wildman–Crippen LogP) is 2.45. The molecule has 2 amide bonds. The van der Waals surface area contributed by atoms with Crippen LogP contribution in [0.5, 0.6) is 5.75 Å². The molecule has 2 unspecified atom stereocenters. The number of imidazole rings is 1. The number of carbonyl (C=O) groups is 2. The molecule has 0 saturated carbocycles. The number of nitrogens with one attached hydrogen (secondary N) is 2. The van der Waals surface area contributed by atoms with Crippen molar-refractivity contribution in [3.05, 3.63) is 83.9 Å². The highest BCUT2D eigenvalue weighted by molar-refractivity contribution is 5.97. The van der Waals surface area contributed by atoms with Gasteiger partial charge in [-0.1, -0.05) is 30.3 Å². The van der Waals surface area contributed by atoms with Crippen LogP contribution in [0.1, 0.15) is 34.7 Å². The molecule has 0 radical (unpaired) electrons. The Bertz CT molecular complexity index is 984. The Morgan fingerprint density at radius 3 is 2.48 bits per heavy atom. The van der Waals surface area contributed by atoms with Crippen molar-refractivity contribution in [2.45, 2.75) is 19.0 Å². The predicted molar refractivity (Wildman–Crippen MR) is 110 cm³/mol. The van der Waals surface area contributed by atoms with E-state index in [1.165, 1.54) is 0 Å². The van der Waals surface area contributed by atoms with E-state index in [2.05, 4.69) is 15.6 Å². The van der Waals surface area contributed by atoms with E-state index < -0.39 is 12.1 Å². The summed E-state index contributed by atoms with van der Waals surface area (Å²) in [6.45, 7) is 1.65. The average molecular weight is 392 g/mol. The number of aromatic nitrogens is 2. The third kappa shape index (κ3) is 4.82. The molecule has 7 nitrogen and oxygen atoms in total. The average Bonchev–Trinajstić information content (AvgIpc) is 3.17. The summed E-state index contributed by atoms with van der Waals surface area (Å²) in [5, 5.41) is 5.72. The van der Waals surface area contributed by atoms with Gasteiger partial charge in [0.15, 0.2) is 0 Å². The van der Waals surface area contributed by atoms with Crippen molar-refractivity contribution in [1.29, 1.82) is 0 Å². The molecule has 3 rings (SSSR count). The van der Waals surface area contributed by atoms with E-state index in [0.29, 0.717) is 17.1 Å². The summed E-state index contributed by atoms with van der Waals surface area (Å²) in [5.74, 6) is 0.739. The number of benzene rings is 2. The van der Waals surface area contributed by atoms with Gasteiger partial charge in [-0.3, -0.25) is 9.59 Å². The number of aryl methyl sites for hydroxylation is 1. The second kappa shape index (κ2) is 9.05. The van der Waals surface area contributed by atoms with Gasteiger partial charge in [0.25, 0.3) is 5.91 Å². The first-order valence-corrected chi connectivity index (χ1v) is 9.27.